The molecular weight excluding hydrogens is 467 g/mol. The molecule has 1 amide bonds. The number of fused-ring (bicyclic) bond motifs is 1. The van der Waals surface area contributed by atoms with Crippen molar-refractivity contribution in [2.75, 3.05) is 18.1 Å². The minimum absolute atomic E-state index is 0.0731. The van der Waals surface area contributed by atoms with Crippen LogP contribution in [0.3, 0.4) is 0 Å². The second kappa shape index (κ2) is 10.1. The van der Waals surface area contributed by atoms with Crippen molar-refractivity contribution in [3.05, 3.63) is 29.3 Å². The van der Waals surface area contributed by atoms with Crippen LogP contribution in [0.15, 0.2) is 12.3 Å². The number of amides is 1. The van der Waals surface area contributed by atoms with Crippen molar-refractivity contribution in [2.24, 2.45) is 5.92 Å². The number of nitrogens with zero attached hydrogens (tertiary/aromatic N) is 3. The second-order valence-corrected chi connectivity index (χ2v) is 11.8. The number of nitrogens with one attached hydrogen (secondary N) is 1. The normalized spacial score (nSPS) is 20.7. The summed E-state index contributed by atoms with van der Waals surface area (Å²) in [6.45, 7) is 9.79. The van der Waals surface area contributed by atoms with Crippen molar-refractivity contribution < 1.29 is 19.0 Å². The number of thioether (sulfide) groups is 1. The summed E-state index contributed by atoms with van der Waals surface area (Å²) in [4.78, 5) is 17.3. The number of pyridine rings is 1. The lowest BCUT2D eigenvalue weighted by Gasteiger charge is -2.36. The summed E-state index contributed by atoms with van der Waals surface area (Å²) in [7, 11) is 0. The second-order valence-electron chi connectivity index (χ2n) is 10.6. The molecular formula is C26H37FN4O3S. The van der Waals surface area contributed by atoms with Gasteiger partial charge in [-0.25, -0.2) is 9.37 Å². The van der Waals surface area contributed by atoms with Gasteiger partial charge in [-0.15, -0.1) is 0 Å². The Balaban J connectivity index is 1.69. The molecule has 192 valence electrons. The van der Waals surface area contributed by atoms with Crippen LogP contribution in [0.2, 0.25) is 0 Å². The number of aromatic nitrogens is 3. The fourth-order valence-corrected chi connectivity index (χ4v) is 6.26. The van der Waals surface area contributed by atoms with Crippen molar-refractivity contribution in [2.45, 2.75) is 83.9 Å². The van der Waals surface area contributed by atoms with Crippen LogP contribution in [0.25, 0.3) is 11.3 Å². The molecule has 0 saturated carbocycles. The average Bonchev–Trinajstić information content (AvgIpc) is 3.18. The molecule has 0 spiro atoms. The van der Waals surface area contributed by atoms with Crippen LogP contribution in [0, 0.1) is 11.7 Å². The minimum Gasteiger partial charge on any atom is -0.478 e. The van der Waals surface area contributed by atoms with E-state index in [9.17, 15) is 14.3 Å². The lowest BCUT2D eigenvalue weighted by Crippen LogP contribution is -2.51. The number of carbonyl (C=O) groups excluding carboxylic acids is 1. The largest absolute Gasteiger partial charge is 0.478 e. The lowest BCUT2D eigenvalue weighted by molar-refractivity contribution is -0.127. The minimum atomic E-state index is -1.05. The van der Waals surface area contributed by atoms with Gasteiger partial charge in [-0.3, -0.25) is 9.48 Å². The summed E-state index contributed by atoms with van der Waals surface area (Å²) >= 11 is 1.93. The molecule has 1 aliphatic carbocycles. The highest BCUT2D eigenvalue weighted by atomic mass is 32.2. The van der Waals surface area contributed by atoms with E-state index < -0.39 is 11.4 Å². The van der Waals surface area contributed by atoms with Gasteiger partial charge in [0.2, 0.25) is 11.8 Å². The third kappa shape index (κ3) is 5.50. The molecule has 2 aliphatic rings. The number of hydrogen-bond donors (Lipinski definition) is 2. The zero-order valence-electron chi connectivity index (χ0n) is 21.4. The van der Waals surface area contributed by atoms with Crippen molar-refractivity contribution in [1.29, 1.82) is 0 Å². The van der Waals surface area contributed by atoms with Gasteiger partial charge in [0, 0.05) is 40.8 Å². The van der Waals surface area contributed by atoms with E-state index in [4.69, 9.17) is 9.84 Å². The fourth-order valence-electron chi connectivity index (χ4n) is 4.87. The van der Waals surface area contributed by atoms with Crippen LogP contribution < -0.4 is 10.1 Å². The van der Waals surface area contributed by atoms with Gasteiger partial charge in [0.1, 0.15) is 0 Å². The van der Waals surface area contributed by atoms with Gasteiger partial charge in [-0.2, -0.15) is 16.9 Å². The molecule has 7 nitrogen and oxygen atoms in total. The number of hydrogen-bond acceptors (Lipinski definition) is 6. The van der Waals surface area contributed by atoms with Gasteiger partial charge in [-0.1, -0.05) is 0 Å². The van der Waals surface area contributed by atoms with Gasteiger partial charge in [0.15, 0.2) is 5.82 Å². The first-order valence-electron chi connectivity index (χ1n) is 12.5. The van der Waals surface area contributed by atoms with Crippen LogP contribution in [-0.2, 0) is 17.6 Å². The maximum Gasteiger partial charge on any atom is 0.223 e. The molecule has 2 atom stereocenters. The van der Waals surface area contributed by atoms with Crippen molar-refractivity contribution in [3.63, 3.8) is 0 Å². The zero-order chi connectivity index (χ0) is 25.4. The van der Waals surface area contributed by atoms with Crippen LogP contribution in [0.5, 0.6) is 5.88 Å². The van der Waals surface area contributed by atoms with Crippen LogP contribution in [0.4, 0.5) is 4.39 Å². The quantitative estimate of drug-likeness (QED) is 0.584. The Morgan fingerprint density at radius 1 is 1.43 bits per heavy atom. The maximum atomic E-state index is 14.9. The molecule has 1 saturated heterocycles. The van der Waals surface area contributed by atoms with Crippen molar-refractivity contribution >= 4 is 17.7 Å². The van der Waals surface area contributed by atoms with E-state index in [1.165, 1.54) is 0 Å². The topological polar surface area (TPSA) is 89.3 Å². The summed E-state index contributed by atoms with van der Waals surface area (Å²) < 4.78 is 22.2. The Morgan fingerprint density at radius 2 is 2.14 bits per heavy atom. The molecule has 0 radical (unpaired) electrons. The molecule has 4 rings (SSSR count). The Hall–Kier alpha value is -2.13. The van der Waals surface area contributed by atoms with Gasteiger partial charge < -0.3 is 15.2 Å². The molecule has 2 aromatic rings. The first-order chi connectivity index (χ1) is 16.5. The smallest absolute Gasteiger partial charge is 0.223 e. The van der Waals surface area contributed by atoms with E-state index in [0.717, 1.165) is 41.8 Å². The highest BCUT2D eigenvalue weighted by Crippen LogP contribution is 2.38. The summed E-state index contributed by atoms with van der Waals surface area (Å²) in [6, 6.07) is 1.22. The Bertz CT molecular complexity index is 1080. The van der Waals surface area contributed by atoms with Gasteiger partial charge in [-0.05, 0) is 71.8 Å². The molecule has 3 heterocycles. The predicted octanol–water partition coefficient (Wildman–Crippen LogP) is 4.32. The molecule has 0 bridgehead atoms. The summed E-state index contributed by atoms with van der Waals surface area (Å²) in [5, 5.41) is 18.9. The molecule has 0 aromatic carbocycles. The molecule has 35 heavy (non-hydrogen) atoms. The van der Waals surface area contributed by atoms with Gasteiger partial charge in [0.25, 0.3) is 0 Å². The maximum absolute atomic E-state index is 14.9. The molecule has 2 aromatic heterocycles. The third-order valence-electron chi connectivity index (χ3n) is 7.46. The third-order valence-corrected chi connectivity index (χ3v) is 8.45. The molecule has 9 heteroatoms. The Kier molecular flexibility index (Phi) is 7.48. The summed E-state index contributed by atoms with van der Waals surface area (Å²) in [5.41, 5.74) is 1.47. The van der Waals surface area contributed by atoms with Crippen LogP contribution in [0.1, 0.15) is 71.2 Å². The fraction of sp³-hybridized carbons (Fsp3) is 0.654. The average molecular weight is 505 g/mol. The number of rotatable bonds is 7. The van der Waals surface area contributed by atoms with Gasteiger partial charge in [0.05, 0.1) is 30.1 Å². The summed E-state index contributed by atoms with van der Waals surface area (Å²) in [5.74, 6) is 1.88. The number of carbonyl (C=O) groups is 1. The predicted molar refractivity (Wildman–Crippen MR) is 136 cm³/mol. The van der Waals surface area contributed by atoms with Crippen molar-refractivity contribution in [3.8, 4) is 17.1 Å². The molecule has 2 N–H and O–H groups in total. The van der Waals surface area contributed by atoms with Crippen LogP contribution >= 0.6 is 11.8 Å². The van der Waals surface area contributed by atoms with E-state index in [1.807, 2.05) is 25.6 Å². The Morgan fingerprint density at radius 3 is 2.80 bits per heavy atom. The van der Waals surface area contributed by atoms with Gasteiger partial charge >= 0.3 is 0 Å². The number of ether oxygens (including phenoxy) is 1. The van der Waals surface area contributed by atoms with Crippen molar-refractivity contribution in [1.82, 2.24) is 20.1 Å². The van der Waals surface area contributed by atoms with E-state index in [-0.39, 0.29) is 23.4 Å². The number of halogens is 1. The highest BCUT2D eigenvalue weighted by molar-refractivity contribution is 7.99. The van der Waals surface area contributed by atoms with E-state index in [2.05, 4.69) is 17.2 Å². The van der Waals surface area contributed by atoms with E-state index >= 15 is 0 Å². The highest BCUT2D eigenvalue weighted by Gasteiger charge is 2.37. The molecule has 1 aliphatic heterocycles. The lowest BCUT2D eigenvalue weighted by atomic mass is 9.83. The zero-order valence-corrected chi connectivity index (χ0v) is 22.2. The first-order valence-corrected chi connectivity index (χ1v) is 13.7. The van der Waals surface area contributed by atoms with E-state index in [1.54, 1.807) is 24.6 Å². The van der Waals surface area contributed by atoms with Crippen LogP contribution in [-0.4, -0.2) is 55.0 Å². The molecule has 1 fully saturated rings. The van der Waals surface area contributed by atoms with E-state index in [0.29, 0.717) is 43.0 Å². The SMILES string of the molecule is CCOc1cc(-c2nn(C(C)C(C)(C)O)c3c2CCC(C(=O)NC2(C)CCSCC2)C3)c(F)cn1. The molecule has 2 unspecified atom stereocenters. The number of aliphatic hydroxyl groups is 1. The Labute approximate surface area is 211 Å². The monoisotopic (exact) mass is 504 g/mol. The summed E-state index contributed by atoms with van der Waals surface area (Å²) in [6.07, 6.45) is 4.90. The first kappa shape index (κ1) is 25.9. The standard InChI is InChI=1S/C26H37FN4O3S/c1-6-34-22-14-19(20(27)15-28-22)23-18-8-7-17(24(32)29-26(5)9-11-35-12-10-26)13-21(18)31(30-23)16(2)25(3,4)33/h14-17,33H,6-13H2,1-5H3,(H,29,32).